The molecule has 0 saturated carbocycles. The predicted octanol–water partition coefficient (Wildman–Crippen LogP) is 17.3. The lowest BCUT2D eigenvalue weighted by atomic mass is 10.0. The third kappa shape index (κ3) is 53.5. The number of quaternary nitrogens is 1. The van der Waals surface area contributed by atoms with Crippen LogP contribution in [-0.4, -0.2) is 75.6 Å². The van der Waals surface area contributed by atoms with Crippen LogP contribution in [0.15, 0.2) is 36.5 Å². The van der Waals surface area contributed by atoms with E-state index in [0.29, 0.717) is 24.1 Å². The largest absolute Gasteiger partial charge is 0.472 e. The highest BCUT2D eigenvalue weighted by molar-refractivity contribution is 7.47. The average Bonchev–Trinajstić information content (AvgIpc) is 3.27. The molecule has 0 radical (unpaired) electrons. The SMILES string of the molecule is CCCCCCC/C=C\C/C=C\C/C=C\CCCCCCCCCCCCC(=O)OC(COCCCCCCCCCCCCCCCCCCCC)COP(=O)(O)OCC[N+](C)(C)C. The van der Waals surface area contributed by atoms with Gasteiger partial charge in [-0.1, -0.05) is 237 Å². The Labute approximate surface area is 404 Å². The second-order valence-corrected chi connectivity index (χ2v) is 21.4. The van der Waals surface area contributed by atoms with E-state index < -0.39 is 13.9 Å². The molecule has 0 aliphatic heterocycles. The quantitative estimate of drug-likeness (QED) is 0.0214. The van der Waals surface area contributed by atoms with Crippen molar-refractivity contribution in [2.24, 2.45) is 0 Å². The zero-order chi connectivity index (χ0) is 47.6. The molecule has 0 amide bonds. The van der Waals surface area contributed by atoms with Gasteiger partial charge in [0, 0.05) is 13.0 Å². The summed E-state index contributed by atoms with van der Waals surface area (Å²) < 4.78 is 35.2. The smallest absolute Gasteiger partial charge is 0.457 e. The van der Waals surface area contributed by atoms with Crippen LogP contribution in [0.5, 0.6) is 0 Å². The minimum absolute atomic E-state index is 0.0893. The third-order valence-corrected chi connectivity index (χ3v) is 13.2. The molecule has 0 aliphatic carbocycles. The maximum Gasteiger partial charge on any atom is 0.472 e. The van der Waals surface area contributed by atoms with Gasteiger partial charge in [0.15, 0.2) is 0 Å². The first kappa shape index (κ1) is 63.7. The molecule has 0 aromatic carbocycles. The Bertz CT molecular complexity index is 1140. The van der Waals surface area contributed by atoms with E-state index in [-0.39, 0.29) is 25.8 Å². The van der Waals surface area contributed by atoms with E-state index in [1.54, 1.807) is 0 Å². The van der Waals surface area contributed by atoms with Crippen LogP contribution in [-0.2, 0) is 27.9 Å². The summed E-state index contributed by atoms with van der Waals surface area (Å²) in [4.78, 5) is 23.1. The number of carbonyl (C=O) groups excluding carboxylic acids is 1. The number of ether oxygens (including phenoxy) is 2. The first-order valence-corrected chi connectivity index (χ1v) is 29.2. The van der Waals surface area contributed by atoms with Crippen LogP contribution in [0.3, 0.4) is 0 Å². The number of esters is 1. The summed E-state index contributed by atoms with van der Waals surface area (Å²) in [5.41, 5.74) is 0. The molecule has 0 saturated heterocycles. The van der Waals surface area contributed by atoms with Gasteiger partial charge in [0.1, 0.15) is 19.3 Å². The number of nitrogens with zero attached hydrogens (tertiary/aromatic N) is 1. The number of rotatable bonds is 52. The average molecular weight is 939 g/mol. The molecular formula is C56H109NO7P+. The number of phosphoric ester groups is 1. The highest BCUT2D eigenvalue weighted by Crippen LogP contribution is 2.43. The fourth-order valence-electron chi connectivity index (χ4n) is 7.92. The number of hydrogen-bond donors (Lipinski definition) is 1. The zero-order valence-electron chi connectivity index (χ0n) is 43.7. The lowest BCUT2D eigenvalue weighted by molar-refractivity contribution is -0.870. The molecule has 1 N–H and O–H groups in total. The van der Waals surface area contributed by atoms with E-state index in [1.165, 1.54) is 193 Å². The number of likely N-dealkylation sites (N-methyl/N-ethyl adjacent to an activating group) is 1. The Morgan fingerprint density at radius 2 is 0.846 bits per heavy atom. The Morgan fingerprint density at radius 1 is 0.477 bits per heavy atom. The molecule has 2 atom stereocenters. The Kier molecular flexibility index (Phi) is 48.2. The second-order valence-electron chi connectivity index (χ2n) is 20.0. The number of unbranched alkanes of at least 4 members (excludes halogenated alkanes) is 32. The topological polar surface area (TPSA) is 91.3 Å². The summed E-state index contributed by atoms with van der Waals surface area (Å²) >= 11 is 0. The van der Waals surface area contributed by atoms with Crippen molar-refractivity contribution in [1.82, 2.24) is 0 Å². The van der Waals surface area contributed by atoms with Crippen LogP contribution in [0, 0.1) is 0 Å². The molecule has 0 aromatic rings. The van der Waals surface area contributed by atoms with Crippen molar-refractivity contribution in [1.29, 1.82) is 0 Å². The van der Waals surface area contributed by atoms with E-state index in [9.17, 15) is 14.3 Å². The molecule has 8 nitrogen and oxygen atoms in total. The van der Waals surface area contributed by atoms with E-state index in [2.05, 4.69) is 50.3 Å². The fourth-order valence-corrected chi connectivity index (χ4v) is 8.66. The minimum atomic E-state index is -4.28. The highest BCUT2D eigenvalue weighted by Gasteiger charge is 2.26. The summed E-state index contributed by atoms with van der Waals surface area (Å²) in [5, 5.41) is 0. The van der Waals surface area contributed by atoms with Crippen molar-refractivity contribution in [3.05, 3.63) is 36.5 Å². The number of carbonyl (C=O) groups is 1. The normalized spacial score (nSPS) is 13.8. The van der Waals surface area contributed by atoms with Crippen LogP contribution < -0.4 is 0 Å². The van der Waals surface area contributed by atoms with Crippen molar-refractivity contribution < 1.29 is 37.3 Å². The molecule has 384 valence electrons. The molecule has 0 rings (SSSR count). The summed E-state index contributed by atoms with van der Waals surface area (Å²) in [6.07, 6.45) is 60.5. The first-order chi connectivity index (χ1) is 31.6. The van der Waals surface area contributed by atoms with Crippen molar-refractivity contribution >= 4 is 13.8 Å². The first-order valence-electron chi connectivity index (χ1n) is 27.7. The van der Waals surface area contributed by atoms with Crippen molar-refractivity contribution in [3.63, 3.8) is 0 Å². The van der Waals surface area contributed by atoms with Crippen LogP contribution >= 0.6 is 7.82 Å². The van der Waals surface area contributed by atoms with Crippen molar-refractivity contribution in [2.45, 2.75) is 264 Å². The fraction of sp³-hybridized carbons (Fsp3) is 0.875. The number of hydrogen-bond acceptors (Lipinski definition) is 6. The maximum absolute atomic E-state index is 12.8. The van der Waals surface area contributed by atoms with Crippen LogP contribution in [0.2, 0.25) is 0 Å². The van der Waals surface area contributed by atoms with Crippen molar-refractivity contribution in [2.75, 3.05) is 54.1 Å². The minimum Gasteiger partial charge on any atom is -0.457 e. The third-order valence-electron chi connectivity index (χ3n) is 12.2. The molecule has 65 heavy (non-hydrogen) atoms. The predicted molar refractivity (Wildman–Crippen MR) is 280 cm³/mol. The van der Waals surface area contributed by atoms with Gasteiger partial charge in [-0.2, -0.15) is 0 Å². The van der Waals surface area contributed by atoms with Crippen LogP contribution in [0.25, 0.3) is 0 Å². The lowest BCUT2D eigenvalue weighted by Crippen LogP contribution is -2.37. The Balaban J connectivity index is 4.08. The molecule has 2 unspecified atom stereocenters. The van der Waals surface area contributed by atoms with E-state index in [1.807, 2.05) is 21.1 Å². The van der Waals surface area contributed by atoms with E-state index >= 15 is 0 Å². The summed E-state index contributed by atoms with van der Waals surface area (Å²) in [6, 6.07) is 0. The van der Waals surface area contributed by atoms with Gasteiger partial charge in [-0.3, -0.25) is 13.8 Å². The standard InChI is InChI=1S/C56H108NO7P/c1-6-8-10-12-14-16-18-20-22-24-26-27-28-29-30-31-32-33-35-37-39-41-43-45-47-49-56(58)64-55(54-63-65(59,60)62-52-50-57(3,4)5)53-61-51-48-46-44-42-40-38-36-34-25-23-21-19-17-15-13-11-9-7-2/h18,20,24,26,28-29,55H,6-17,19,21-23,25,27,30-54H2,1-5H3/p+1/b20-18-,26-24-,29-28-. The lowest BCUT2D eigenvalue weighted by Gasteiger charge is -2.24. The van der Waals surface area contributed by atoms with Gasteiger partial charge < -0.3 is 18.9 Å². The number of phosphoric acid groups is 1. The van der Waals surface area contributed by atoms with Gasteiger partial charge in [0.2, 0.25) is 0 Å². The van der Waals surface area contributed by atoms with Gasteiger partial charge in [-0.05, 0) is 51.4 Å². The molecule has 0 spiro atoms. The Hall–Kier alpha value is -1.28. The molecule has 0 aliphatic rings. The van der Waals surface area contributed by atoms with Gasteiger partial charge >= 0.3 is 13.8 Å². The monoisotopic (exact) mass is 939 g/mol. The molecule has 0 bridgehead atoms. The number of allylic oxidation sites excluding steroid dienone is 6. The van der Waals surface area contributed by atoms with Crippen molar-refractivity contribution in [3.8, 4) is 0 Å². The maximum atomic E-state index is 12.8. The Morgan fingerprint density at radius 3 is 1.26 bits per heavy atom. The van der Waals surface area contributed by atoms with Gasteiger partial charge in [-0.15, -0.1) is 0 Å². The summed E-state index contributed by atoms with van der Waals surface area (Å²) in [7, 11) is 1.68. The van der Waals surface area contributed by atoms with Gasteiger partial charge in [0.05, 0.1) is 34.4 Å². The zero-order valence-corrected chi connectivity index (χ0v) is 44.6. The molecule has 9 heteroatoms. The van der Waals surface area contributed by atoms with Gasteiger partial charge in [-0.25, -0.2) is 4.57 Å². The van der Waals surface area contributed by atoms with E-state index in [0.717, 1.165) is 44.9 Å². The summed E-state index contributed by atoms with van der Waals surface area (Å²) in [6.45, 7) is 5.66. The summed E-state index contributed by atoms with van der Waals surface area (Å²) in [5.74, 6) is -0.313. The van der Waals surface area contributed by atoms with Gasteiger partial charge in [0.25, 0.3) is 0 Å². The molecular weight excluding hydrogens is 830 g/mol. The highest BCUT2D eigenvalue weighted by atomic mass is 31.2. The molecule has 0 heterocycles. The molecule has 0 aromatic heterocycles. The van der Waals surface area contributed by atoms with Crippen LogP contribution in [0.1, 0.15) is 258 Å². The molecule has 0 fully saturated rings. The second kappa shape index (κ2) is 49.2. The van der Waals surface area contributed by atoms with E-state index in [4.69, 9.17) is 18.5 Å². The van der Waals surface area contributed by atoms with Crippen LogP contribution in [0.4, 0.5) is 0 Å².